The van der Waals surface area contributed by atoms with Crippen LogP contribution in [-0.2, 0) is 25.0 Å². The Morgan fingerprint density at radius 3 is 2.41 bits per heavy atom. The number of benzene rings is 1. The summed E-state index contributed by atoms with van der Waals surface area (Å²) < 4.78 is 32.5. The number of hydrogen-bond donors (Lipinski definition) is 1. The quantitative estimate of drug-likeness (QED) is 0.283. The van der Waals surface area contributed by atoms with Crippen LogP contribution in [0.2, 0.25) is 0 Å². The average molecular weight is 400 g/mol. The van der Waals surface area contributed by atoms with Crippen LogP contribution in [0.1, 0.15) is 31.7 Å². The van der Waals surface area contributed by atoms with E-state index in [2.05, 4.69) is 12.2 Å². The molecule has 0 bridgehead atoms. The fourth-order valence-corrected chi connectivity index (χ4v) is 3.72. The molecular weight excluding hydrogens is 367 g/mol. The first-order valence-electron chi connectivity index (χ1n) is 9.18. The lowest BCUT2D eigenvalue weighted by molar-refractivity contribution is 0.119. The number of aliphatic hydroxyl groups is 1. The van der Waals surface area contributed by atoms with Gasteiger partial charge in [0.05, 0.1) is 26.0 Å². The van der Waals surface area contributed by atoms with Crippen molar-refractivity contribution in [2.45, 2.75) is 38.9 Å². The van der Waals surface area contributed by atoms with E-state index < -0.39 is 13.7 Å². The van der Waals surface area contributed by atoms with Gasteiger partial charge in [-0.2, -0.15) is 0 Å². The monoisotopic (exact) mass is 400 g/mol. The first-order chi connectivity index (χ1) is 12.9. The Hall–Kier alpha value is -1.17. The first-order valence-corrected chi connectivity index (χ1v) is 10.9. The predicted octanol–water partition coefficient (Wildman–Crippen LogP) is 4.42. The highest BCUT2D eigenvalue weighted by atomic mass is 31.2. The van der Waals surface area contributed by atoms with Crippen LogP contribution < -0.4 is 4.74 Å². The van der Waals surface area contributed by atoms with Gasteiger partial charge in [-0.25, -0.2) is 0 Å². The lowest BCUT2D eigenvalue weighted by atomic mass is 10.0. The summed E-state index contributed by atoms with van der Waals surface area (Å²) in [5.41, 5.74) is 1.12. The van der Waals surface area contributed by atoms with E-state index in [9.17, 15) is 9.67 Å². The molecular formula is C20H33O6P. The van der Waals surface area contributed by atoms with Gasteiger partial charge in [0.15, 0.2) is 0 Å². The summed E-state index contributed by atoms with van der Waals surface area (Å²) in [5, 5.41) is 10.0. The SMILES string of the molecule is COc1ccc(COCCC/C=C/[C@H](C)CC(O)CP(=O)(OC)OC)cc1. The number of methoxy groups -OCH3 is 1. The zero-order valence-corrected chi connectivity index (χ0v) is 17.7. The Morgan fingerprint density at radius 2 is 1.81 bits per heavy atom. The fourth-order valence-electron chi connectivity index (χ4n) is 2.61. The molecule has 1 rings (SSSR count). The molecule has 7 heteroatoms. The van der Waals surface area contributed by atoms with E-state index in [0.29, 0.717) is 19.6 Å². The molecule has 154 valence electrons. The normalized spacial score (nSPS) is 14.4. The molecule has 0 aliphatic heterocycles. The van der Waals surface area contributed by atoms with Crippen LogP contribution in [0.3, 0.4) is 0 Å². The Bertz CT molecular complexity index is 579. The van der Waals surface area contributed by atoms with Gasteiger partial charge in [-0.1, -0.05) is 31.2 Å². The molecule has 0 saturated carbocycles. The van der Waals surface area contributed by atoms with Gasteiger partial charge < -0.3 is 23.6 Å². The van der Waals surface area contributed by atoms with Gasteiger partial charge in [0.2, 0.25) is 0 Å². The van der Waals surface area contributed by atoms with Gasteiger partial charge in [-0.05, 0) is 42.9 Å². The van der Waals surface area contributed by atoms with Crippen molar-refractivity contribution in [3.8, 4) is 5.75 Å². The minimum Gasteiger partial charge on any atom is -0.497 e. The van der Waals surface area contributed by atoms with Crippen molar-refractivity contribution in [3.63, 3.8) is 0 Å². The van der Waals surface area contributed by atoms with Gasteiger partial charge in [0.25, 0.3) is 0 Å². The highest BCUT2D eigenvalue weighted by Crippen LogP contribution is 2.47. The number of hydrogen-bond acceptors (Lipinski definition) is 6. The smallest absolute Gasteiger partial charge is 0.332 e. The maximum atomic E-state index is 12.0. The summed E-state index contributed by atoms with van der Waals surface area (Å²) in [6.07, 6.45) is 5.82. The van der Waals surface area contributed by atoms with Crippen molar-refractivity contribution < 1.29 is 28.2 Å². The van der Waals surface area contributed by atoms with E-state index >= 15 is 0 Å². The maximum Gasteiger partial charge on any atom is 0.332 e. The molecule has 1 aromatic rings. The van der Waals surface area contributed by atoms with Gasteiger partial charge in [0.1, 0.15) is 5.75 Å². The van der Waals surface area contributed by atoms with Crippen molar-refractivity contribution in [2.24, 2.45) is 5.92 Å². The summed E-state index contributed by atoms with van der Waals surface area (Å²) in [7, 11) is 1.15. The molecule has 0 radical (unpaired) electrons. The van der Waals surface area contributed by atoms with Crippen molar-refractivity contribution in [3.05, 3.63) is 42.0 Å². The van der Waals surface area contributed by atoms with Crippen molar-refractivity contribution in [1.82, 2.24) is 0 Å². The van der Waals surface area contributed by atoms with Crippen LogP contribution in [0.4, 0.5) is 0 Å². The summed E-state index contributed by atoms with van der Waals surface area (Å²) >= 11 is 0. The molecule has 0 aliphatic rings. The summed E-state index contributed by atoms with van der Waals surface area (Å²) in [5.74, 6) is 1.03. The van der Waals surface area contributed by atoms with Gasteiger partial charge in [0, 0.05) is 20.8 Å². The standard InChI is InChI=1S/C20H33O6P/c1-17(14-19(21)16-27(22,24-3)25-4)8-6-5-7-13-26-15-18-9-11-20(23-2)12-10-18/h6,8-12,17,19,21H,5,7,13-16H2,1-4H3/b8-6+/t17-,19?/m0/s1. The Labute approximate surface area is 163 Å². The number of aliphatic hydroxyl groups excluding tert-OH is 1. The molecule has 0 aliphatic carbocycles. The lowest BCUT2D eigenvalue weighted by Crippen LogP contribution is -2.17. The van der Waals surface area contributed by atoms with E-state index in [1.54, 1.807) is 7.11 Å². The van der Waals surface area contributed by atoms with Crippen LogP contribution in [0, 0.1) is 5.92 Å². The van der Waals surface area contributed by atoms with Crippen molar-refractivity contribution in [2.75, 3.05) is 34.1 Å². The zero-order valence-electron chi connectivity index (χ0n) is 16.8. The van der Waals surface area contributed by atoms with Gasteiger partial charge in [-0.15, -0.1) is 0 Å². The molecule has 1 aromatic carbocycles. The number of rotatable bonds is 14. The van der Waals surface area contributed by atoms with Crippen molar-refractivity contribution >= 4 is 7.60 Å². The van der Waals surface area contributed by atoms with Crippen LogP contribution in [0.5, 0.6) is 5.75 Å². The van der Waals surface area contributed by atoms with Crippen LogP contribution in [-0.4, -0.2) is 45.3 Å². The predicted molar refractivity (Wildman–Crippen MR) is 107 cm³/mol. The molecule has 0 heterocycles. The third kappa shape index (κ3) is 10.1. The molecule has 0 saturated heterocycles. The maximum absolute atomic E-state index is 12.0. The minimum atomic E-state index is -3.17. The number of unbranched alkanes of at least 4 members (excludes halogenated alkanes) is 1. The Balaban J connectivity index is 2.15. The Morgan fingerprint density at radius 1 is 1.15 bits per heavy atom. The average Bonchev–Trinajstić information content (AvgIpc) is 2.67. The van der Waals surface area contributed by atoms with E-state index in [0.717, 1.165) is 24.2 Å². The zero-order chi connectivity index (χ0) is 20.1. The van der Waals surface area contributed by atoms with Crippen molar-refractivity contribution in [1.29, 1.82) is 0 Å². The third-order valence-electron chi connectivity index (χ3n) is 4.19. The van der Waals surface area contributed by atoms with Gasteiger partial charge >= 0.3 is 7.60 Å². The molecule has 1 unspecified atom stereocenters. The molecule has 2 atom stereocenters. The third-order valence-corrected chi connectivity index (χ3v) is 6.17. The fraction of sp³-hybridized carbons (Fsp3) is 0.600. The lowest BCUT2D eigenvalue weighted by Gasteiger charge is -2.19. The topological polar surface area (TPSA) is 74.2 Å². The van der Waals surface area contributed by atoms with Crippen LogP contribution in [0.25, 0.3) is 0 Å². The molecule has 0 spiro atoms. The molecule has 0 amide bonds. The first kappa shape index (κ1) is 23.9. The summed E-state index contributed by atoms with van der Waals surface area (Å²) in [6.45, 7) is 3.30. The summed E-state index contributed by atoms with van der Waals surface area (Å²) in [4.78, 5) is 0. The van der Waals surface area contributed by atoms with E-state index in [1.165, 1.54) is 14.2 Å². The second-order valence-electron chi connectivity index (χ2n) is 6.50. The van der Waals surface area contributed by atoms with Crippen LogP contribution >= 0.6 is 7.60 Å². The highest BCUT2D eigenvalue weighted by Gasteiger charge is 2.26. The van der Waals surface area contributed by atoms with Gasteiger partial charge in [-0.3, -0.25) is 4.57 Å². The van der Waals surface area contributed by atoms with E-state index in [1.807, 2.05) is 31.2 Å². The largest absolute Gasteiger partial charge is 0.497 e. The number of allylic oxidation sites excluding steroid dienone is 2. The number of ether oxygens (including phenoxy) is 2. The molecule has 0 fully saturated rings. The Kier molecular flexibility index (Phi) is 11.6. The summed E-state index contributed by atoms with van der Waals surface area (Å²) in [6, 6.07) is 7.85. The van der Waals surface area contributed by atoms with E-state index in [-0.39, 0.29) is 12.1 Å². The van der Waals surface area contributed by atoms with Crippen LogP contribution in [0.15, 0.2) is 36.4 Å². The second kappa shape index (κ2) is 13.1. The minimum absolute atomic E-state index is 0.0113. The molecule has 6 nitrogen and oxygen atoms in total. The second-order valence-corrected chi connectivity index (χ2v) is 8.81. The van der Waals surface area contributed by atoms with E-state index in [4.69, 9.17) is 18.5 Å². The molecule has 27 heavy (non-hydrogen) atoms. The molecule has 1 N–H and O–H groups in total. The highest BCUT2D eigenvalue weighted by molar-refractivity contribution is 7.53. The molecule has 0 aromatic heterocycles.